The van der Waals surface area contributed by atoms with Gasteiger partial charge < -0.3 is 14.6 Å². The second-order valence-electron chi connectivity index (χ2n) is 9.93. The lowest BCUT2D eigenvalue weighted by Crippen LogP contribution is -2.27. The van der Waals surface area contributed by atoms with Gasteiger partial charge in [0.2, 0.25) is 0 Å². The maximum absolute atomic E-state index is 13.0. The summed E-state index contributed by atoms with van der Waals surface area (Å²) < 4.78 is 12.3. The summed E-state index contributed by atoms with van der Waals surface area (Å²) in [6.45, 7) is 9.82. The summed E-state index contributed by atoms with van der Waals surface area (Å²) >= 11 is 0. The zero-order valence-corrected chi connectivity index (χ0v) is 20.2. The summed E-state index contributed by atoms with van der Waals surface area (Å²) in [5, 5.41) is 13.8. The predicted molar refractivity (Wildman–Crippen MR) is 135 cm³/mol. The van der Waals surface area contributed by atoms with E-state index in [1.54, 1.807) is 0 Å². The van der Waals surface area contributed by atoms with Crippen molar-refractivity contribution in [2.45, 2.75) is 52.7 Å². The molecule has 5 heteroatoms. The normalized spacial score (nSPS) is 14.3. The Morgan fingerprint density at radius 1 is 1.12 bits per heavy atom. The Hall–Kier alpha value is -3.44. The summed E-state index contributed by atoms with van der Waals surface area (Å²) in [7, 11) is 0. The first-order chi connectivity index (χ1) is 16.2. The first-order valence-corrected chi connectivity index (χ1v) is 11.6. The van der Waals surface area contributed by atoms with E-state index in [4.69, 9.17) is 14.5 Å². The number of carbonyl (C=O) groups excluding carboxylic acids is 1. The van der Waals surface area contributed by atoms with E-state index in [1.807, 2.05) is 76.4 Å². The van der Waals surface area contributed by atoms with E-state index in [2.05, 4.69) is 0 Å². The van der Waals surface area contributed by atoms with E-state index in [9.17, 15) is 9.90 Å². The second kappa shape index (κ2) is 8.10. The van der Waals surface area contributed by atoms with Crippen molar-refractivity contribution in [1.82, 2.24) is 4.98 Å². The number of aromatic nitrogens is 1. The fourth-order valence-electron chi connectivity index (χ4n) is 4.99. The zero-order chi connectivity index (χ0) is 24.2. The van der Waals surface area contributed by atoms with Crippen molar-refractivity contribution in [3.05, 3.63) is 65.4 Å². The maximum atomic E-state index is 13.0. The van der Waals surface area contributed by atoms with Gasteiger partial charge in [0.05, 0.1) is 17.7 Å². The molecule has 0 bridgehead atoms. The van der Waals surface area contributed by atoms with Crippen LogP contribution < -0.4 is 4.74 Å². The number of nitrogens with zero attached hydrogens (tertiary/aromatic N) is 1. The van der Waals surface area contributed by atoms with Crippen molar-refractivity contribution in [2.75, 3.05) is 6.61 Å². The number of phenols is 1. The highest BCUT2D eigenvalue weighted by molar-refractivity contribution is 6.10. The van der Waals surface area contributed by atoms with Crippen LogP contribution in [0.3, 0.4) is 0 Å². The Morgan fingerprint density at radius 2 is 1.85 bits per heavy atom. The molecule has 3 aromatic carbocycles. The molecule has 1 atom stereocenters. The molecule has 1 aromatic heterocycles. The summed E-state index contributed by atoms with van der Waals surface area (Å²) in [6, 6.07) is 13.8. The third-order valence-electron chi connectivity index (χ3n) is 6.42. The lowest BCUT2D eigenvalue weighted by molar-refractivity contribution is -0.138. The molecule has 0 aliphatic carbocycles. The Kier molecular flexibility index (Phi) is 5.33. The number of rotatable bonds is 4. The number of aromatic hydroxyl groups is 1. The van der Waals surface area contributed by atoms with Gasteiger partial charge >= 0.3 is 0 Å². The van der Waals surface area contributed by atoms with Crippen LogP contribution in [0.4, 0.5) is 0 Å². The summed E-state index contributed by atoms with van der Waals surface area (Å²) in [5.74, 6) is 0.869. The molecule has 0 saturated heterocycles. The zero-order valence-electron chi connectivity index (χ0n) is 20.2. The van der Waals surface area contributed by atoms with Crippen molar-refractivity contribution < 1.29 is 19.4 Å². The van der Waals surface area contributed by atoms with Gasteiger partial charge in [-0.05, 0) is 74.9 Å². The van der Waals surface area contributed by atoms with Crippen LogP contribution in [-0.4, -0.2) is 28.1 Å². The minimum Gasteiger partial charge on any atom is -0.507 e. The van der Waals surface area contributed by atoms with E-state index in [1.165, 1.54) is 12.5 Å². The third kappa shape index (κ3) is 3.61. The van der Waals surface area contributed by atoms with Crippen LogP contribution in [0.2, 0.25) is 0 Å². The fourth-order valence-corrected chi connectivity index (χ4v) is 4.99. The van der Waals surface area contributed by atoms with Gasteiger partial charge in [-0.1, -0.05) is 24.3 Å². The van der Waals surface area contributed by atoms with E-state index in [-0.39, 0.29) is 11.5 Å². The summed E-state index contributed by atoms with van der Waals surface area (Å²) in [5.41, 5.74) is 4.52. The van der Waals surface area contributed by atoms with Gasteiger partial charge in [0, 0.05) is 34.5 Å². The van der Waals surface area contributed by atoms with Gasteiger partial charge in [0.15, 0.2) is 5.78 Å². The van der Waals surface area contributed by atoms with Crippen molar-refractivity contribution in [2.24, 2.45) is 0 Å². The molecule has 0 saturated carbocycles. The van der Waals surface area contributed by atoms with Gasteiger partial charge in [0.25, 0.3) is 0 Å². The third-order valence-corrected chi connectivity index (χ3v) is 6.42. The lowest BCUT2D eigenvalue weighted by Gasteiger charge is -2.30. The van der Waals surface area contributed by atoms with E-state index in [0.717, 1.165) is 45.0 Å². The second-order valence-corrected chi connectivity index (χ2v) is 9.93. The number of pyridine rings is 1. The molecule has 1 N–H and O–H groups in total. The average Bonchev–Trinajstić information content (AvgIpc) is 2.80. The molecule has 0 fully saturated rings. The highest BCUT2D eigenvalue weighted by Crippen LogP contribution is 2.48. The minimum atomic E-state index is -0.840. The number of ether oxygens (including phenoxy) is 2. The molecule has 1 aliphatic rings. The molecule has 4 aromatic rings. The largest absolute Gasteiger partial charge is 0.507 e. The van der Waals surface area contributed by atoms with E-state index in [0.29, 0.717) is 17.7 Å². The molecule has 0 amide bonds. The van der Waals surface area contributed by atoms with Crippen molar-refractivity contribution >= 4 is 27.5 Å². The Balaban J connectivity index is 1.94. The smallest absolute Gasteiger partial charge is 0.163 e. The van der Waals surface area contributed by atoms with Crippen LogP contribution in [0.1, 0.15) is 50.5 Å². The predicted octanol–water partition coefficient (Wildman–Crippen LogP) is 6.45. The Labute approximate surface area is 199 Å². The number of ketones is 1. The number of fused-ring (bicyclic) bond motifs is 1. The maximum Gasteiger partial charge on any atom is 0.163 e. The molecular weight excluding hydrogens is 426 g/mol. The van der Waals surface area contributed by atoms with Crippen molar-refractivity contribution in [1.29, 1.82) is 0 Å². The van der Waals surface area contributed by atoms with Crippen LogP contribution in [0.15, 0.2) is 48.7 Å². The molecule has 5 rings (SSSR count). The number of Topliss-reactive ketones (excluding diaryl/α,β-unsaturated/α-hetero) is 1. The number of carbonyl (C=O) groups is 1. The Morgan fingerprint density at radius 3 is 2.56 bits per heavy atom. The number of hydrogen-bond acceptors (Lipinski definition) is 5. The van der Waals surface area contributed by atoms with Gasteiger partial charge in [-0.3, -0.25) is 9.78 Å². The molecule has 0 radical (unpaired) electrons. The number of benzene rings is 3. The van der Waals surface area contributed by atoms with Crippen LogP contribution in [0, 0.1) is 6.92 Å². The van der Waals surface area contributed by atoms with E-state index >= 15 is 0 Å². The standard InChI is InChI=1S/C29H29NO4/c1-16-23(28(17(2)31)34-29(3,4)5)25(19-8-6-7-9-20(19)27(16)32)21-10-11-22-24-18(13-15-33-22)12-14-30-26(21)24/h6-12,14,28,32H,13,15H2,1-5H3. The molecule has 1 aliphatic heterocycles. The summed E-state index contributed by atoms with van der Waals surface area (Å²) in [6.07, 6.45) is 1.81. The van der Waals surface area contributed by atoms with E-state index < -0.39 is 11.7 Å². The first-order valence-electron chi connectivity index (χ1n) is 11.6. The molecule has 0 spiro atoms. The molecular formula is C29H29NO4. The number of phenolic OH excluding ortho intramolecular Hbond substituents is 1. The highest BCUT2D eigenvalue weighted by Gasteiger charge is 2.32. The van der Waals surface area contributed by atoms with Crippen molar-refractivity contribution in [3.63, 3.8) is 0 Å². The van der Waals surface area contributed by atoms with Crippen molar-refractivity contribution in [3.8, 4) is 22.6 Å². The minimum absolute atomic E-state index is 0.118. The average molecular weight is 456 g/mol. The molecule has 174 valence electrons. The highest BCUT2D eigenvalue weighted by atomic mass is 16.5. The topological polar surface area (TPSA) is 68.7 Å². The lowest BCUT2D eigenvalue weighted by atomic mass is 9.84. The summed E-state index contributed by atoms with van der Waals surface area (Å²) in [4.78, 5) is 17.8. The van der Waals surface area contributed by atoms with Crippen LogP contribution >= 0.6 is 0 Å². The Bertz CT molecular complexity index is 1440. The monoisotopic (exact) mass is 455 g/mol. The van der Waals surface area contributed by atoms with Gasteiger partial charge in [0.1, 0.15) is 17.6 Å². The molecule has 2 heterocycles. The molecule has 5 nitrogen and oxygen atoms in total. The van der Waals surface area contributed by atoms with Crippen LogP contribution in [0.25, 0.3) is 32.8 Å². The van der Waals surface area contributed by atoms with Crippen LogP contribution in [0.5, 0.6) is 11.5 Å². The molecule has 1 unspecified atom stereocenters. The quantitative estimate of drug-likeness (QED) is 0.383. The van der Waals surface area contributed by atoms with Gasteiger partial charge in [-0.15, -0.1) is 0 Å². The molecule has 34 heavy (non-hydrogen) atoms. The number of hydrogen-bond donors (Lipinski definition) is 1. The fraction of sp³-hybridized carbons (Fsp3) is 0.310. The van der Waals surface area contributed by atoms with Gasteiger partial charge in [-0.2, -0.15) is 0 Å². The van der Waals surface area contributed by atoms with Gasteiger partial charge in [-0.25, -0.2) is 0 Å². The first kappa shape index (κ1) is 22.4. The van der Waals surface area contributed by atoms with Crippen LogP contribution in [-0.2, 0) is 16.0 Å². The SMILES string of the molecule is CC(=O)C(OC(C)(C)C)c1c(C)c(O)c2ccccc2c1-c1ccc2c3c(ccnc13)CCO2.